The summed E-state index contributed by atoms with van der Waals surface area (Å²) in [7, 11) is -1.98. The number of esters is 1. The predicted octanol–water partition coefficient (Wildman–Crippen LogP) is 2.66. The molecule has 1 amide bonds. The van der Waals surface area contributed by atoms with Gasteiger partial charge in [0, 0.05) is 5.92 Å². The van der Waals surface area contributed by atoms with Gasteiger partial charge in [-0.3, -0.25) is 4.90 Å². The summed E-state index contributed by atoms with van der Waals surface area (Å²) in [6, 6.07) is 14.5. The number of sulfonamides is 1. The lowest BCUT2D eigenvalue weighted by Gasteiger charge is -2.39. The second-order valence-electron chi connectivity index (χ2n) is 7.39. The first kappa shape index (κ1) is 21.1. The number of methoxy groups -OCH3 is 2. The van der Waals surface area contributed by atoms with E-state index in [1.165, 1.54) is 12.1 Å². The number of alkyl halides is 1. The number of hydrogen-bond donors (Lipinski definition) is 0. The quantitative estimate of drug-likeness (QED) is 0.668. The zero-order chi connectivity index (χ0) is 22.4. The number of ether oxygens (including phenoxy) is 2. The maximum atomic E-state index is 14.4. The van der Waals surface area contributed by atoms with Gasteiger partial charge >= 0.3 is 12.1 Å². The number of anilines is 1. The Morgan fingerprint density at radius 1 is 1.06 bits per heavy atom. The maximum absolute atomic E-state index is 14.4. The molecular weight excluding hydrogens is 427 g/mol. The van der Waals surface area contributed by atoms with Gasteiger partial charge in [-0.15, -0.1) is 0 Å². The summed E-state index contributed by atoms with van der Waals surface area (Å²) in [6.07, 6.45) is -2.35. The van der Waals surface area contributed by atoms with Gasteiger partial charge in [-0.1, -0.05) is 36.4 Å². The summed E-state index contributed by atoms with van der Waals surface area (Å²) >= 11 is 0. The molecule has 0 bridgehead atoms. The van der Waals surface area contributed by atoms with Gasteiger partial charge in [-0.25, -0.2) is 26.7 Å². The monoisotopic (exact) mass is 448 g/mol. The van der Waals surface area contributed by atoms with Crippen LogP contribution in [0, 0.1) is 0 Å². The first-order valence-corrected chi connectivity index (χ1v) is 11.0. The number of hydrogen-bond acceptors (Lipinski definition) is 6. The minimum atomic E-state index is -4.16. The van der Waals surface area contributed by atoms with Gasteiger partial charge in [0.1, 0.15) is 12.8 Å². The third kappa shape index (κ3) is 2.88. The number of para-hydroxylation sites is 1. The van der Waals surface area contributed by atoms with E-state index in [2.05, 4.69) is 0 Å². The van der Waals surface area contributed by atoms with Crippen LogP contribution in [0.3, 0.4) is 0 Å². The molecule has 8 nitrogen and oxygen atoms in total. The molecule has 0 unspecified atom stereocenters. The van der Waals surface area contributed by atoms with Crippen LogP contribution in [0.1, 0.15) is 17.9 Å². The van der Waals surface area contributed by atoms with Crippen LogP contribution < -0.4 is 4.31 Å². The van der Waals surface area contributed by atoms with Gasteiger partial charge in [-0.05, 0) is 30.2 Å². The van der Waals surface area contributed by atoms with Crippen molar-refractivity contribution in [3.8, 4) is 0 Å². The van der Waals surface area contributed by atoms with Crippen LogP contribution in [0.5, 0.6) is 0 Å². The molecule has 164 valence electrons. The number of halogens is 1. The Kier molecular flexibility index (Phi) is 5.12. The molecule has 1 saturated heterocycles. The van der Waals surface area contributed by atoms with Crippen LogP contribution in [0.25, 0.3) is 0 Å². The average molecular weight is 448 g/mol. The number of likely N-dealkylation sites (tertiary alicyclic amines) is 1. The SMILES string of the molecule is COC(=O)N1[C@@H]2[C@H](C[C@@]1(CF)C(=O)OC)c1ccccc1N2S(=O)(=O)c1ccccc1. The van der Waals surface area contributed by atoms with Gasteiger partial charge in [0.15, 0.2) is 5.54 Å². The van der Waals surface area contributed by atoms with Gasteiger partial charge in [0.25, 0.3) is 10.0 Å². The highest BCUT2D eigenvalue weighted by atomic mass is 32.2. The van der Waals surface area contributed by atoms with Crippen molar-refractivity contribution in [3.05, 3.63) is 60.2 Å². The van der Waals surface area contributed by atoms with Crippen LogP contribution in [-0.4, -0.2) is 58.0 Å². The summed E-state index contributed by atoms with van der Waals surface area (Å²) in [5.41, 5.74) is -1.04. The third-order valence-electron chi connectivity index (χ3n) is 5.91. The van der Waals surface area contributed by atoms with Gasteiger partial charge in [0.2, 0.25) is 0 Å². The number of fused-ring (bicyclic) bond motifs is 3. The molecular formula is C21H21FN2O6S. The van der Waals surface area contributed by atoms with E-state index in [0.29, 0.717) is 11.3 Å². The van der Waals surface area contributed by atoms with Crippen molar-refractivity contribution >= 4 is 27.8 Å². The topological polar surface area (TPSA) is 93.2 Å². The molecule has 3 atom stereocenters. The number of nitrogens with zero attached hydrogens (tertiary/aromatic N) is 2. The highest BCUT2D eigenvalue weighted by Gasteiger charge is 2.66. The molecule has 2 heterocycles. The summed E-state index contributed by atoms with van der Waals surface area (Å²) < 4.78 is 52.5. The van der Waals surface area contributed by atoms with E-state index < -0.39 is 46.4 Å². The van der Waals surface area contributed by atoms with Crippen LogP contribution in [0.15, 0.2) is 59.5 Å². The number of carbonyl (C=O) groups is 2. The standard InChI is InChI=1S/C21H21FN2O6S/c1-29-19(25)21(13-22)12-16-15-10-6-7-11-17(15)24(18(16)23(21)20(26)30-2)31(27,28)14-8-4-3-5-9-14/h3-11,16,18H,12-13H2,1-2H3/t16-,18+,21-/m1/s1. The number of amides is 1. The zero-order valence-corrected chi connectivity index (χ0v) is 17.7. The molecule has 2 aromatic rings. The highest BCUT2D eigenvalue weighted by molar-refractivity contribution is 7.92. The Morgan fingerprint density at radius 2 is 1.71 bits per heavy atom. The molecule has 0 radical (unpaired) electrons. The molecule has 0 spiro atoms. The molecule has 0 saturated carbocycles. The molecule has 1 fully saturated rings. The molecule has 0 N–H and O–H groups in total. The van der Waals surface area contributed by atoms with E-state index in [-0.39, 0.29) is 11.3 Å². The lowest BCUT2D eigenvalue weighted by atomic mass is 9.89. The Labute approximate surface area is 179 Å². The van der Waals surface area contributed by atoms with Gasteiger partial charge in [-0.2, -0.15) is 0 Å². The van der Waals surface area contributed by atoms with Gasteiger partial charge < -0.3 is 9.47 Å². The number of rotatable bonds is 4. The lowest BCUT2D eigenvalue weighted by molar-refractivity contribution is -0.154. The Bertz CT molecular complexity index is 1130. The smallest absolute Gasteiger partial charge is 0.412 e. The maximum Gasteiger partial charge on any atom is 0.412 e. The molecule has 2 aromatic carbocycles. The Hall–Kier alpha value is -3.14. The summed E-state index contributed by atoms with van der Waals surface area (Å²) in [5, 5.41) is 0. The summed E-state index contributed by atoms with van der Waals surface area (Å²) in [6.45, 7) is -1.25. The van der Waals surface area contributed by atoms with E-state index in [0.717, 1.165) is 23.4 Å². The van der Waals surface area contributed by atoms with Crippen molar-refractivity contribution in [2.75, 3.05) is 25.2 Å². The van der Waals surface area contributed by atoms with Crippen molar-refractivity contribution in [2.24, 2.45) is 0 Å². The second kappa shape index (κ2) is 7.52. The van der Waals surface area contributed by atoms with Crippen LogP contribution in [-0.2, 0) is 24.3 Å². The van der Waals surface area contributed by atoms with Crippen molar-refractivity contribution < 1.29 is 31.9 Å². The lowest BCUT2D eigenvalue weighted by Crippen LogP contribution is -2.61. The van der Waals surface area contributed by atoms with E-state index in [9.17, 15) is 22.4 Å². The number of carbonyl (C=O) groups excluding carboxylic acids is 2. The van der Waals surface area contributed by atoms with Gasteiger partial charge in [0.05, 0.1) is 24.8 Å². The van der Waals surface area contributed by atoms with Crippen molar-refractivity contribution in [3.63, 3.8) is 0 Å². The normalized spacial score (nSPS) is 24.5. The molecule has 10 heteroatoms. The van der Waals surface area contributed by atoms with Crippen LogP contribution in [0.2, 0.25) is 0 Å². The Balaban J connectivity index is 1.97. The summed E-state index contributed by atoms with van der Waals surface area (Å²) in [4.78, 5) is 26.4. The fourth-order valence-corrected chi connectivity index (χ4v) is 6.27. The van der Waals surface area contributed by atoms with Crippen LogP contribution >= 0.6 is 0 Å². The number of benzene rings is 2. The fourth-order valence-electron chi connectivity index (χ4n) is 4.59. The first-order valence-electron chi connectivity index (χ1n) is 9.53. The average Bonchev–Trinajstić information content (AvgIpc) is 3.30. The van der Waals surface area contributed by atoms with Crippen molar-refractivity contribution in [1.82, 2.24) is 4.90 Å². The first-order chi connectivity index (χ1) is 14.8. The molecule has 31 heavy (non-hydrogen) atoms. The third-order valence-corrected chi connectivity index (χ3v) is 7.71. The highest BCUT2D eigenvalue weighted by Crippen LogP contribution is 2.55. The minimum Gasteiger partial charge on any atom is -0.467 e. The summed E-state index contributed by atoms with van der Waals surface area (Å²) in [5.74, 6) is -1.62. The molecule has 0 aromatic heterocycles. The minimum absolute atomic E-state index is 0.00563. The second-order valence-corrected chi connectivity index (χ2v) is 9.21. The fraction of sp³-hybridized carbons (Fsp3) is 0.333. The molecule has 2 aliphatic rings. The van der Waals surface area contributed by atoms with E-state index >= 15 is 0 Å². The van der Waals surface area contributed by atoms with Crippen LogP contribution in [0.4, 0.5) is 14.9 Å². The zero-order valence-electron chi connectivity index (χ0n) is 16.9. The van der Waals surface area contributed by atoms with E-state index in [1.807, 2.05) is 0 Å². The Morgan fingerprint density at radius 3 is 2.32 bits per heavy atom. The largest absolute Gasteiger partial charge is 0.467 e. The van der Waals surface area contributed by atoms with E-state index in [4.69, 9.17) is 9.47 Å². The molecule has 2 aliphatic heterocycles. The van der Waals surface area contributed by atoms with Crippen molar-refractivity contribution in [1.29, 1.82) is 0 Å². The van der Waals surface area contributed by atoms with Crippen molar-refractivity contribution in [2.45, 2.75) is 28.9 Å². The predicted molar refractivity (Wildman–Crippen MR) is 109 cm³/mol. The van der Waals surface area contributed by atoms with E-state index in [1.54, 1.807) is 42.5 Å². The molecule has 4 rings (SSSR count). The molecule has 0 aliphatic carbocycles.